The third-order valence-corrected chi connectivity index (χ3v) is 4.40. The summed E-state index contributed by atoms with van der Waals surface area (Å²) in [4.78, 5) is 10.7. The number of rotatable bonds is 7. The summed E-state index contributed by atoms with van der Waals surface area (Å²) in [6.07, 6.45) is -0.473. The molecule has 7 heteroatoms. The molecule has 0 aromatic heterocycles. The van der Waals surface area contributed by atoms with E-state index in [4.69, 9.17) is 5.11 Å². The van der Waals surface area contributed by atoms with E-state index in [1.165, 1.54) is 20.8 Å². The van der Waals surface area contributed by atoms with Crippen LogP contribution in [0.15, 0.2) is 0 Å². The minimum atomic E-state index is -4.26. The van der Waals surface area contributed by atoms with E-state index in [1.807, 2.05) is 0 Å². The van der Waals surface area contributed by atoms with Gasteiger partial charge >= 0.3 is 19.0 Å². The SMILES string of the molecule is CCOP(=O)(OCC)[C@@](F)(CC)C(=O)O. The Bertz CT molecular complexity index is 260. The Morgan fingerprint density at radius 2 is 1.73 bits per heavy atom. The van der Waals surface area contributed by atoms with Gasteiger partial charge in [0.15, 0.2) is 0 Å². The fraction of sp³-hybridized carbons (Fsp3) is 0.875. The third kappa shape index (κ3) is 2.77. The van der Waals surface area contributed by atoms with Crippen molar-refractivity contribution in [3.63, 3.8) is 0 Å². The molecule has 1 atom stereocenters. The molecule has 90 valence electrons. The summed E-state index contributed by atoms with van der Waals surface area (Å²) in [7, 11) is -4.26. The lowest BCUT2D eigenvalue weighted by Crippen LogP contribution is -2.34. The molecule has 15 heavy (non-hydrogen) atoms. The number of carboxylic acids is 1. The van der Waals surface area contributed by atoms with Gasteiger partial charge in [-0.15, -0.1) is 0 Å². The van der Waals surface area contributed by atoms with Crippen LogP contribution < -0.4 is 0 Å². The average molecular weight is 242 g/mol. The first-order valence-corrected chi connectivity index (χ1v) is 6.23. The van der Waals surface area contributed by atoms with E-state index < -0.39 is 25.4 Å². The first kappa shape index (κ1) is 14.6. The van der Waals surface area contributed by atoms with E-state index in [2.05, 4.69) is 9.05 Å². The molecule has 0 saturated heterocycles. The Balaban J connectivity index is 5.19. The van der Waals surface area contributed by atoms with Gasteiger partial charge in [0.05, 0.1) is 13.2 Å². The highest BCUT2D eigenvalue weighted by molar-refractivity contribution is 7.56. The van der Waals surface area contributed by atoms with Crippen LogP contribution in [0.3, 0.4) is 0 Å². The summed E-state index contributed by atoms with van der Waals surface area (Å²) in [6, 6.07) is 0. The molecular weight excluding hydrogens is 226 g/mol. The van der Waals surface area contributed by atoms with Crippen LogP contribution in [0.25, 0.3) is 0 Å². The van der Waals surface area contributed by atoms with Crippen molar-refractivity contribution in [3.05, 3.63) is 0 Å². The first-order chi connectivity index (χ1) is 6.88. The van der Waals surface area contributed by atoms with Crippen molar-refractivity contribution in [1.29, 1.82) is 0 Å². The van der Waals surface area contributed by atoms with Crippen molar-refractivity contribution in [2.45, 2.75) is 32.6 Å². The molecule has 0 heterocycles. The largest absolute Gasteiger partial charge is 0.478 e. The predicted octanol–water partition coefficient (Wildman–Crippen LogP) is 2.41. The fourth-order valence-corrected chi connectivity index (χ4v) is 2.83. The lowest BCUT2D eigenvalue weighted by Gasteiger charge is -2.27. The normalized spacial score (nSPS) is 16.0. The van der Waals surface area contributed by atoms with Gasteiger partial charge in [-0.2, -0.15) is 0 Å². The van der Waals surface area contributed by atoms with Crippen molar-refractivity contribution in [2.75, 3.05) is 13.2 Å². The van der Waals surface area contributed by atoms with Gasteiger partial charge in [0, 0.05) is 6.42 Å². The Labute approximate surface area is 88.1 Å². The number of hydrogen-bond donors (Lipinski definition) is 1. The maximum absolute atomic E-state index is 14.0. The molecule has 0 amide bonds. The second-order valence-electron chi connectivity index (χ2n) is 2.75. The number of carbonyl (C=O) groups is 1. The second kappa shape index (κ2) is 5.58. The molecule has 0 aliphatic carbocycles. The zero-order chi connectivity index (χ0) is 12.1. The molecular formula is C8H16FO5P. The molecule has 0 radical (unpaired) electrons. The number of hydrogen-bond acceptors (Lipinski definition) is 4. The molecule has 0 aliphatic heterocycles. The van der Waals surface area contributed by atoms with Crippen LogP contribution in [0.1, 0.15) is 27.2 Å². The van der Waals surface area contributed by atoms with E-state index in [0.717, 1.165) is 0 Å². The molecule has 0 aromatic rings. The molecule has 0 unspecified atom stereocenters. The average Bonchev–Trinajstić information content (AvgIpc) is 2.16. The number of halogens is 1. The van der Waals surface area contributed by atoms with Crippen LogP contribution >= 0.6 is 7.60 Å². The zero-order valence-electron chi connectivity index (χ0n) is 9.03. The van der Waals surface area contributed by atoms with Gasteiger partial charge in [-0.25, -0.2) is 9.18 Å². The van der Waals surface area contributed by atoms with Crippen LogP contribution in [-0.2, 0) is 18.4 Å². The van der Waals surface area contributed by atoms with Gasteiger partial charge in [0.2, 0.25) is 0 Å². The van der Waals surface area contributed by atoms with E-state index in [-0.39, 0.29) is 13.2 Å². The first-order valence-electron chi connectivity index (χ1n) is 4.69. The Morgan fingerprint density at radius 1 is 1.33 bits per heavy atom. The van der Waals surface area contributed by atoms with E-state index >= 15 is 0 Å². The van der Waals surface area contributed by atoms with E-state index in [1.54, 1.807) is 0 Å². The summed E-state index contributed by atoms with van der Waals surface area (Å²) in [5.41, 5.74) is 0. The van der Waals surface area contributed by atoms with Crippen molar-refractivity contribution in [1.82, 2.24) is 0 Å². The number of alkyl halides is 1. The standard InChI is InChI=1S/C8H16FO5P/c1-4-8(9,7(10)11)15(12,13-5-2)14-6-3/h4-6H2,1-3H3,(H,10,11)/t8-/m0/s1. The summed E-state index contributed by atoms with van der Waals surface area (Å²) in [5, 5.41) is 5.74. The van der Waals surface area contributed by atoms with Crippen LogP contribution in [0, 0.1) is 0 Å². The fourth-order valence-electron chi connectivity index (χ4n) is 1.04. The van der Waals surface area contributed by atoms with Crippen molar-refractivity contribution < 1.29 is 27.9 Å². The predicted molar refractivity (Wildman–Crippen MR) is 52.6 cm³/mol. The van der Waals surface area contributed by atoms with Crippen LogP contribution in [0.2, 0.25) is 0 Å². The molecule has 5 nitrogen and oxygen atoms in total. The molecule has 0 saturated carbocycles. The highest BCUT2D eigenvalue weighted by Crippen LogP contribution is 2.62. The summed E-state index contributed by atoms with van der Waals surface area (Å²) in [5.74, 6) is -1.82. The minimum absolute atomic E-state index is 0.0732. The maximum atomic E-state index is 14.0. The van der Waals surface area contributed by atoms with Gasteiger partial charge in [-0.1, -0.05) is 6.92 Å². The highest BCUT2D eigenvalue weighted by atomic mass is 31.2. The lowest BCUT2D eigenvalue weighted by atomic mass is 10.3. The lowest BCUT2D eigenvalue weighted by molar-refractivity contribution is -0.146. The summed E-state index contributed by atoms with van der Waals surface area (Å²) >= 11 is 0. The molecule has 0 aliphatic rings. The van der Waals surface area contributed by atoms with Gasteiger partial charge in [0.1, 0.15) is 0 Å². The van der Waals surface area contributed by atoms with Crippen molar-refractivity contribution in [3.8, 4) is 0 Å². The van der Waals surface area contributed by atoms with Crippen LogP contribution in [0.4, 0.5) is 4.39 Å². The highest BCUT2D eigenvalue weighted by Gasteiger charge is 2.57. The smallest absolute Gasteiger partial charge is 0.379 e. The quantitative estimate of drug-likeness (QED) is 0.694. The zero-order valence-corrected chi connectivity index (χ0v) is 9.92. The monoisotopic (exact) mass is 242 g/mol. The molecule has 0 aromatic carbocycles. The van der Waals surface area contributed by atoms with Gasteiger partial charge in [-0.05, 0) is 13.8 Å². The Hall–Kier alpha value is -0.450. The number of aliphatic carboxylic acids is 1. The molecule has 0 fully saturated rings. The van der Waals surface area contributed by atoms with Gasteiger partial charge in [0.25, 0.3) is 0 Å². The molecule has 0 spiro atoms. The topological polar surface area (TPSA) is 72.8 Å². The minimum Gasteiger partial charge on any atom is -0.478 e. The van der Waals surface area contributed by atoms with Crippen molar-refractivity contribution in [2.24, 2.45) is 0 Å². The maximum Gasteiger partial charge on any atom is 0.379 e. The summed E-state index contributed by atoms with van der Waals surface area (Å²) < 4.78 is 35.2. The van der Waals surface area contributed by atoms with Gasteiger partial charge < -0.3 is 14.2 Å². The van der Waals surface area contributed by atoms with E-state index in [0.29, 0.717) is 0 Å². The van der Waals surface area contributed by atoms with Crippen LogP contribution in [0.5, 0.6) is 0 Å². The van der Waals surface area contributed by atoms with E-state index in [9.17, 15) is 13.8 Å². The molecule has 0 bridgehead atoms. The summed E-state index contributed by atoms with van der Waals surface area (Å²) in [6.45, 7) is 4.11. The Kier molecular flexibility index (Phi) is 5.42. The van der Waals surface area contributed by atoms with Gasteiger partial charge in [-0.3, -0.25) is 4.57 Å². The Morgan fingerprint density at radius 3 is 1.93 bits per heavy atom. The van der Waals surface area contributed by atoms with Crippen molar-refractivity contribution >= 4 is 13.6 Å². The molecule has 1 N–H and O–H groups in total. The third-order valence-electron chi connectivity index (χ3n) is 1.83. The number of carboxylic acid groups (broad SMARTS) is 1. The molecule has 0 rings (SSSR count). The van der Waals surface area contributed by atoms with Crippen LogP contribution in [-0.4, -0.2) is 29.7 Å². The second-order valence-corrected chi connectivity index (χ2v) is 4.97.